The molecule has 0 fully saturated rings. The molecule has 3 unspecified atom stereocenters. The molecule has 0 aromatic heterocycles. The van der Waals surface area contributed by atoms with Gasteiger partial charge in [-0.25, -0.2) is 4.79 Å². The van der Waals surface area contributed by atoms with Crippen molar-refractivity contribution in [1.82, 2.24) is 10.6 Å². The van der Waals surface area contributed by atoms with Gasteiger partial charge in [0.1, 0.15) is 11.9 Å². The third kappa shape index (κ3) is 3.63. The Kier molecular flexibility index (Phi) is 4.84. The average molecular weight is 278 g/mol. The molecule has 5 nitrogen and oxygen atoms in total. The largest absolute Gasteiger partial charge is 0.488 e. The molecule has 0 spiro atoms. The number of amides is 2. The second-order valence-corrected chi connectivity index (χ2v) is 5.35. The number of hydrogen-bond acceptors (Lipinski definition) is 3. The number of hydrogen-bond donors (Lipinski definition) is 3. The summed E-state index contributed by atoms with van der Waals surface area (Å²) in [5.41, 5.74) is 1.18. The number of nitrogens with one attached hydrogen (secondary N) is 2. The van der Waals surface area contributed by atoms with E-state index < -0.39 is 0 Å². The lowest BCUT2D eigenvalue weighted by molar-refractivity contribution is 0.194. The first-order valence-electron chi connectivity index (χ1n) is 7.00. The van der Waals surface area contributed by atoms with E-state index in [9.17, 15) is 4.79 Å². The Morgan fingerprint density at radius 1 is 1.45 bits per heavy atom. The second-order valence-electron chi connectivity index (χ2n) is 5.35. The van der Waals surface area contributed by atoms with Gasteiger partial charge < -0.3 is 20.5 Å². The summed E-state index contributed by atoms with van der Waals surface area (Å²) in [6, 6.07) is 7.63. The van der Waals surface area contributed by atoms with Crippen molar-refractivity contribution in [2.75, 3.05) is 13.2 Å². The molecule has 1 aliphatic heterocycles. The van der Waals surface area contributed by atoms with Gasteiger partial charge in [-0.1, -0.05) is 25.1 Å². The van der Waals surface area contributed by atoms with E-state index in [0.29, 0.717) is 6.54 Å². The Balaban J connectivity index is 1.73. The zero-order valence-corrected chi connectivity index (χ0v) is 11.9. The number of urea groups is 1. The maximum atomic E-state index is 11.7. The normalized spacial score (nSPS) is 19.6. The molecule has 0 bridgehead atoms. The number of fused-ring (bicyclic) bond motifs is 1. The van der Waals surface area contributed by atoms with Crippen molar-refractivity contribution in [3.8, 4) is 5.75 Å². The van der Waals surface area contributed by atoms with E-state index in [1.807, 2.05) is 38.1 Å². The smallest absolute Gasteiger partial charge is 0.315 e. The summed E-state index contributed by atoms with van der Waals surface area (Å²) < 4.78 is 5.75. The minimum atomic E-state index is -0.225. The standard InChI is InChI=1S/C15H22N2O3/c1-10(9-18)11(2)17-15(19)16-8-13-7-12-5-3-4-6-14(12)20-13/h3-6,10-11,13,18H,7-9H2,1-2H3,(H2,16,17,19). The molecule has 110 valence electrons. The minimum Gasteiger partial charge on any atom is -0.488 e. The Bertz CT molecular complexity index is 439. The quantitative estimate of drug-likeness (QED) is 0.760. The fourth-order valence-corrected chi connectivity index (χ4v) is 2.13. The summed E-state index contributed by atoms with van der Waals surface area (Å²) in [7, 11) is 0. The highest BCUT2D eigenvalue weighted by Crippen LogP contribution is 2.27. The van der Waals surface area contributed by atoms with Crippen LogP contribution in [0.1, 0.15) is 19.4 Å². The van der Waals surface area contributed by atoms with Crippen molar-refractivity contribution >= 4 is 6.03 Å². The molecule has 0 radical (unpaired) electrons. The van der Waals surface area contributed by atoms with Crippen molar-refractivity contribution in [2.24, 2.45) is 5.92 Å². The molecule has 3 N–H and O–H groups in total. The fraction of sp³-hybridized carbons (Fsp3) is 0.533. The van der Waals surface area contributed by atoms with E-state index >= 15 is 0 Å². The van der Waals surface area contributed by atoms with Crippen LogP contribution in [0.5, 0.6) is 5.75 Å². The molecular weight excluding hydrogens is 256 g/mol. The van der Waals surface area contributed by atoms with Crippen molar-refractivity contribution in [3.63, 3.8) is 0 Å². The topological polar surface area (TPSA) is 70.6 Å². The van der Waals surface area contributed by atoms with Gasteiger partial charge in [0.2, 0.25) is 0 Å². The van der Waals surface area contributed by atoms with E-state index in [-0.39, 0.29) is 30.7 Å². The van der Waals surface area contributed by atoms with Gasteiger partial charge in [0.25, 0.3) is 0 Å². The number of aliphatic hydroxyl groups excluding tert-OH is 1. The Morgan fingerprint density at radius 2 is 2.20 bits per heavy atom. The number of carbonyl (C=O) groups excluding carboxylic acids is 1. The Morgan fingerprint density at radius 3 is 2.90 bits per heavy atom. The summed E-state index contributed by atoms with van der Waals surface area (Å²) in [6.07, 6.45) is 0.808. The highest BCUT2D eigenvalue weighted by Gasteiger charge is 2.23. The number of ether oxygens (including phenoxy) is 1. The van der Waals surface area contributed by atoms with Crippen LogP contribution in [0.3, 0.4) is 0 Å². The maximum Gasteiger partial charge on any atom is 0.315 e. The number of carbonyl (C=O) groups is 1. The summed E-state index contributed by atoms with van der Waals surface area (Å²) in [4.78, 5) is 11.7. The molecule has 2 amide bonds. The zero-order valence-electron chi connectivity index (χ0n) is 11.9. The first kappa shape index (κ1) is 14.7. The molecule has 20 heavy (non-hydrogen) atoms. The van der Waals surface area contributed by atoms with Crippen LogP contribution in [0.2, 0.25) is 0 Å². The molecule has 1 aromatic carbocycles. The molecule has 1 heterocycles. The molecular formula is C15H22N2O3. The summed E-state index contributed by atoms with van der Waals surface area (Å²) in [5, 5.41) is 14.7. The third-order valence-corrected chi connectivity index (χ3v) is 3.70. The van der Waals surface area contributed by atoms with E-state index in [2.05, 4.69) is 10.6 Å². The van der Waals surface area contributed by atoms with E-state index in [1.165, 1.54) is 5.56 Å². The molecule has 0 saturated carbocycles. The van der Waals surface area contributed by atoms with Gasteiger partial charge in [0.15, 0.2) is 0 Å². The van der Waals surface area contributed by atoms with Gasteiger partial charge in [-0.3, -0.25) is 0 Å². The van der Waals surface area contributed by atoms with E-state index in [4.69, 9.17) is 9.84 Å². The Labute approximate surface area is 119 Å². The van der Waals surface area contributed by atoms with Crippen molar-refractivity contribution < 1.29 is 14.6 Å². The van der Waals surface area contributed by atoms with E-state index in [0.717, 1.165) is 12.2 Å². The number of rotatable bonds is 5. The molecule has 0 aliphatic carbocycles. The van der Waals surface area contributed by atoms with Crippen LogP contribution in [0.4, 0.5) is 4.79 Å². The van der Waals surface area contributed by atoms with Crippen LogP contribution in [0, 0.1) is 5.92 Å². The average Bonchev–Trinajstić information content (AvgIpc) is 2.87. The minimum absolute atomic E-state index is 0.0104. The summed E-state index contributed by atoms with van der Waals surface area (Å²) in [5.74, 6) is 0.940. The highest BCUT2D eigenvalue weighted by molar-refractivity contribution is 5.74. The van der Waals surface area contributed by atoms with Crippen molar-refractivity contribution in [1.29, 1.82) is 0 Å². The van der Waals surface area contributed by atoms with Crippen LogP contribution in [0.15, 0.2) is 24.3 Å². The monoisotopic (exact) mass is 278 g/mol. The van der Waals surface area contributed by atoms with Gasteiger partial charge in [-0.2, -0.15) is 0 Å². The van der Waals surface area contributed by atoms with Gasteiger partial charge in [0.05, 0.1) is 6.54 Å². The predicted molar refractivity (Wildman–Crippen MR) is 76.8 cm³/mol. The third-order valence-electron chi connectivity index (χ3n) is 3.70. The summed E-state index contributed by atoms with van der Waals surface area (Å²) >= 11 is 0. The molecule has 1 aromatic rings. The highest BCUT2D eigenvalue weighted by atomic mass is 16.5. The maximum absolute atomic E-state index is 11.7. The summed E-state index contributed by atoms with van der Waals surface area (Å²) in [6.45, 7) is 4.30. The van der Waals surface area contributed by atoms with Crippen LogP contribution in [-0.2, 0) is 6.42 Å². The fourth-order valence-electron chi connectivity index (χ4n) is 2.13. The second kappa shape index (κ2) is 6.61. The SMILES string of the molecule is CC(CO)C(C)NC(=O)NCC1Cc2ccccc2O1. The van der Waals surface area contributed by atoms with Gasteiger partial charge in [-0.05, 0) is 24.5 Å². The number of para-hydroxylation sites is 1. The van der Waals surface area contributed by atoms with Crippen molar-refractivity contribution in [2.45, 2.75) is 32.4 Å². The van der Waals surface area contributed by atoms with Gasteiger partial charge in [-0.15, -0.1) is 0 Å². The lowest BCUT2D eigenvalue weighted by Gasteiger charge is -2.20. The molecule has 1 aliphatic rings. The molecule has 0 saturated heterocycles. The molecule has 2 rings (SSSR count). The molecule has 3 atom stereocenters. The first-order chi connectivity index (χ1) is 9.60. The number of benzene rings is 1. The lowest BCUT2D eigenvalue weighted by atomic mass is 10.1. The lowest BCUT2D eigenvalue weighted by Crippen LogP contribution is -2.46. The van der Waals surface area contributed by atoms with Crippen LogP contribution in [-0.4, -0.2) is 36.4 Å². The van der Waals surface area contributed by atoms with E-state index in [1.54, 1.807) is 0 Å². The van der Waals surface area contributed by atoms with Crippen LogP contribution >= 0.6 is 0 Å². The van der Waals surface area contributed by atoms with Crippen LogP contribution < -0.4 is 15.4 Å². The zero-order chi connectivity index (χ0) is 14.5. The Hall–Kier alpha value is -1.75. The van der Waals surface area contributed by atoms with Gasteiger partial charge in [0, 0.05) is 19.1 Å². The predicted octanol–water partition coefficient (Wildman–Crippen LogP) is 1.31. The van der Waals surface area contributed by atoms with Crippen LogP contribution in [0.25, 0.3) is 0 Å². The first-order valence-corrected chi connectivity index (χ1v) is 7.00. The van der Waals surface area contributed by atoms with Crippen molar-refractivity contribution in [3.05, 3.63) is 29.8 Å². The number of aliphatic hydroxyl groups is 1. The molecule has 5 heteroatoms. The van der Waals surface area contributed by atoms with Gasteiger partial charge >= 0.3 is 6.03 Å².